The van der Waals surface area contributed by atoms with Crippen molar-refractivity contribution in [3.63, 3.8) is 0 Å². The molecule has 1 aliphatic heterocycles. The number of urea groups is 1. The van der Waals surface area contributed by atoms with Crippen LogP contribution in [0.25, 0.3) is 10.9 Å². The van der Waals surface area contributed by atoms with Crippen LogP contribution in [0.5, 0.6) is 0 Å². The van der Waals surface area contributed by atoms with Crippen LogP contribution in [0.1, 0.15) is 11.7 Å². The largest absolute Gasteiger partial charge is 0.370 e. The van der Waals surface area contributed by atoms with E-state index in [1.165, 1.54) is 0 Å². The maximum atomic E-state index is 12.6. The molecule has 1 unspecified atom stereocenters. The minimum Gasteiger partial charge on any atom is -0.370 e. The van der Waals surface area contributed by atoms with Crippen LogP contribution in [0.15, 0.2) is 54.7 Å². The molecule has 2 aromatic carbocycles. The van der Waals surface area contributed by atoms with Crippen LogP contribution >= 0.6 is 0 Å². The molecule has 1 aromatic heterocycles. The number of carbonyl (C=O) groups excluding carboxylic acids is 1. The van der Waals surface area contributed by atoms with E-state index in [1.807, 2.05) is 48.5 Å². The van der Waals surface area contributed by atoms with Crippen molar-refractivity contribution in [2.45, 2.75) is 6.10 Å². The number of carbonyl (C=O) groups is 1. The number of benzene rings is 2. The van der Waals surface area contributed by atoms with Gasteiger partial charge in [0.1, 0.15) is 6.10 Å². The third kappa shape index (κ3) is 2.96. The van der Waals surface area contributed by atoms with Gasteiger partial charge in [0.05, 0.1) is 24.9 Å². The average molecular weight is 322 g/mol. The fraction of sp³-hybridized carbons (Fsp3) is 0.222. The van der Waals surface area contributed by atoms with Gasteiger partial charge >= 0.3 is 6.03 Å². The summed E-state index contributed by atoms with van der Waals surface area (Å²) in [5.41, 5.74) is 2.80. The number of ether oxygens (including phenoxy) is 1. The quantitative estimate of drug-likeness (QED) is 0.761. The molecule has 2 heterocycles. The topological polar surface area (TPSA) is 70.2 Å². The number of aromatic nitrogens is 2. The van der Waals surface area contributed by atoms with Gasteiger partial charge in [0.2, 0.25) is 0 Å². The summed E-state index contributed by atoms with van der Waals surface area (Å²) >= 11 is 0. The van der Waals surface area contributed by atoms with Gasteiger partial charge in [0.25, 0.3) is 0 Å². The minimum absolute atomic E-state index is 0.0814. The molecule has 1 atom stereocenters. The number of anilines is 1. The Bertz CT molecular complexity index is 846. The Morgan fingerprint density at radius 2 is 2.12 bits per heavy atom. The zero-order chi connectivity index (χ0) is 16.4. The summed E-state index contributed by atoms with van der Waals surface area (Å²) in [4.78, 5) is 14.3. The van der Waals surface area contributed by atoms with Gasteiger partial charge < -0.3 is 15.0 Å². The molecule has 0 radical (unpaired) electrons. The molecule has 4 rings (SSSR count). The maximum absolute atomic E-state index is 12.6. The van der Waals surface area contributed by atoms with Crippen LogP contribution in [0, 0.1) is 0 Å². The molecule has 122 valence electrons. The summed E-state index contributed by atoms with van der Waals surface area (Å²) < 4.78 is 5.81. The molecule has 6 nitrogen and oxygen atoms in total. The highest BCUT2D eigenvalue weighted by atomic mass is 16.5. The number of nitrogens with zero attached hydrogens (tertiary/aromatic N) is 2. The van der Waals surface area contributed by atoms with Gasteiger partial charge in [-0.1, -0.05) is 30.3 Å². The standard InChI is InChI=1S/C18H18N4O2/c23-18(20-15-6-7-16-14(10-15)11-19-21-16)22-8-9-24-17(12-22)13-4-2-1-3-5-13/h1-7,10-11,17H,8-9,12H2,(H,19,21)(H,20,23). The van der Waals surface area contributed by atoms with Gasteiger partial charge in [-0.15, -0.1) is 0 Å². The number of amides is 2. The highest BCUT2D eigenvalue weighted by Gasteiger charge is 2.25. The van der Waals surface area contributed by atoms with E-state index in [4.69, 9.17) is 4.74 Å². The maximum Gasteiger partial charge on any atom is 0.322 e. The number of H-pyrrole nitrogens is 1. The molecule has 6 heteroatoms. The number of aromatic amines is 1. The Hall–Kier alpha value is -2.86. The summed E-state index contributed by atoms with van der Waals surface area (Å²) in [5.74, 6) is 0. The molecule has 1 fully saturated rings. The van der Waals surface area contributed by atoms with Crippen LogP contribution in [-0.2, 0) is 4.74 Å². The average Bonchev–Trinajstić information content (AvgIpc) is 3.10. The van der Waals surface area contributed by atoms with Gasteiger partial charge in [-0.3, -0.25) is 5.10 Å². The summed E-state index contributed by atoms with van der Waals surface area (Å²) in [7, 11) is 0. The molecular formula is C18H18N4O2. The Morgan fingerprint density at radius 1 is 1.25 bits per heavy atom. The second-order valence-corrected chi connectivity index (χ2v) is 5.82. The summed E-state index contributed by atoms with van der Waals surface area (Å²) in [5, 5.41) is 10.8. The van der Waals surface area contributed by atoms with E-state index >= 15 is 0 Å². The van der Waals surface area contributed by atoms with Crippen molar-refractivity contribution in [2.75, 3.05) is 25.0 Å². The van der Waals surface area contributed by atoms with E-state index in [9.17, 15) is 4.79 Å². The lowest BCUT2D eigenvalue weighted by molar-refractivity contribution is -0.0135. The number of hydrogen-bond acceptors (Lipinski definition) is 3. The number of hydrogen-bond donors (Lipinski definition) is 2. The van der Waals surface area contributed by atoms with Gasteiger partial charge in [-0.2, -0.15) is 5.10 Å². The fourth-order valence-electron chi connectivity index (χ4n) is 2.93. The van der Waals surface area contributed by atoms with Crippen LogP contribution in [0.4, 0.5) is 10.5 Å². The number of rotatable bonds is 2. The van der Waals surface area contributed by atoms with Gasteiger partial charge in [0, 0.05) is 17.6 Å². The first kappa shape index (κ1) is 14.7. The number of nitrogens with one attached hydrogen (secondary N) is 2. The normalized spacial score (nSPS) is 17.8. The molecule has 2 amide bonds. The van der Waals surface area contributed by atoms with Crippen molar-refractivity contribution in [2.24, 2.45) is 0 Å². The molecule has 1 aliphatic rings. The first-order valence-corrected chi connectivity index (χ1v) is 7.95. The first-order chi connectivity index (χ1) is 11.8. The van der Waals surface area contributed by atoms with Gasteiger partial charge in [-0.25, -0.2) is 4.79 Å². The molecule has 0 aliphatic carbocycles. The van der Waals surface area contributed by atoms with E-state index in [0.717, 1.165) is 22.2 Å². The summed E-state index contributed by atoms with van der Waals surface area (Å²) in [6.45, 7) is 1.67. The highest BCUT2D eigenvalue weighted by Crippen LogP contribution is 2.23. The lowest BCUT2D eigenvalue weighted by atomic mass is 10.1. The van der Waals surface area contributed by atoms with Gasteiger partial charge in [-0.05, 0) is 23.8 Å². The highest BCUT2D eigenvalue weighted by molar-refractivity contribution is 5.92. The predicted octanol–water partition coefficient (Wildman–Crippen LogP) is 3.17. The van der Waals surface area contributed by atoms with Crippen molar-refractivity contribution in [1.29, 1.82) is 0 Å². The van der Waals surface area contributed by atoms with Crippen LogP contribution in [0.3, 0.4) is 0 Å². The second kappa shape index (κ2) is 6.33. The molecule has 0 bridgehead atoms. The SMILES string of the molecule is O=C(Nc1ccc2[nH]ncc2c1)N1CCOC(c2ccccc2)C1. The van der Waals surface area contributed by atoms with Crippen LogP contribution in [-0.4, -0.2) is 40.8 Å². The Balaban J connectivity index is 1.45. The van der Waals surface area contributed by atoms with E-state index in [2.05, 4.69) is 15.5 Å². The minimum atomic E-state index is -0.109. The van der Waals surface area contributed by atoms with Crippen molar-refractivity contribution < 1.29 is 9.53 Å². The van der Waals surface area contributed by atoms with E-state index in [-0.39, 0.29) is 12.1 Å². The van der Waals surface area contributed by atoms with Crippen LogP contribution < -0.4 is 5.32 Å². The first-order valence-electron chi connectivity index (χ1n) is 7.95. The molecule has 1 saturated heterocycles. The van der Waals surface area contributed by atoms with Gasteiger partial charge in [0.15, 0.2) is 0 Å². The zero-order valence-corrected chi connectivity index (χ0v) is 13.1. The van der Waals surface area contributed by atoms with Crippen molar-refractivity contribution in [3.05, 3.63) is 60.3 Å². The second-order valence-electron chi connectivity index (χ2n) is 5.82. The molecule has 24 heavy (non-hydrogen) atoms. The molecule has 2 N–H and O–H groups in total. The van der Waals surface area contributed by atoms with Crippen molar-refractivity contribution in [1.82, 2.24) is 15.1 Å². The van der Waals surface area contributed by atoms with E-state index < -0.39 is 0 Å². The lowest BCUT2D eigenvalue weighted by Crippen LogP contribution is -2.44. The fourth-order valence-corrected chi connectivity index (χ4v) is 2.93. The number of fused-ring (bicyclic) bond motifs is 1. The third-order valence-corrected chi connectivity index (χ3v) is 4.22. The monoisotopic (exact) mass is 322 g/mol. The molecule has 0 saturated carbocycles. The zero-order valence-electron chi connectivity index (χ0n) is 13.1. The van der Waals surface area contributed by atoms with E-state index in [0.29, 0.717) is 19.7 Å². The number of morpholine rings is 1. The Morgan fingerprint density at radius 3 is 3.00 bits per heavy atom. The van der Waals surface area contributed by atoms with Crippen LogP contribution in [0.2, 0.25) is 0 Å². The summed E-state index contributed by atoms with van der Waals surface area (Å²) in [6, 6.07) is 15.6. The predicted molar refractivity (Wildman–Crippen MR) is 91.8 cm³/mol. The Kier molecular flexibility index (Phi) is 3.88. The lowest BCUT2D eigenvalue weighted by Gasteiger charge is -2.33. The molecule has 0 spiro atoms. The molecular weight excluding hydrogens is 304 g/mol. The third-order valence-electron chi connectivity index (χ3n) is 4.22. The summed E-state index contributed by atoms with van der Waals surface area (Å²) in [6.07, 6.45) is 1.66. The van der Waals surface area contributed by atoms with E-state index in [1.54, 1.807) is 11.1 Å². The Labute approximate surface area is 139 Å². The van der Waals surface area contributed by atoms with Crippen molar-refractivity contribution >= 4 is 22.6 Å². The van der Waals surface area contributed by atoms with Crippen molar-refractivity contribution in [3.8, 4) is 0 Å². The molecule has 3 aromatic rings. The smallest absolute Gasteiger partial charge is 0.322 e.